The molecule has 0 spiro atoms. The van der Waals surface area contributed by atoms with Gasteiger partial charge in [-0.2, -0.15) is 0 Å². The second-order valence-electron chi connectivity index (χ2n) is 4.35. The Balaban J connectivity index is 2.74. The van der Waals surface area contributed by atoms with Gasteiger partial charge in [0.05, 0.1) is 18.1 Å². The van der Waals surface area contributed by atoms with Crippen molar-refractivity contribution in [3.8, 4) is 0 Å². The van der Waals surface area contributed by atoms with E-state index in [4.69, 9.17) is 9.47 Å². The van der Waals surface area contributed by atoms with Crippen LogP contribution in [0.1, 0.15) is 13.8 Å². The predicted molar refractivity (Wildman–Crippen MR) is 78.7 cm³/mol. The molecule has 0 saturated carbocycles. The summed E-state index contributed by atoms with van der Waals surface area (Å²) < 4.78 is 36.2. The summed E-state index contributed by atoms with van der Waals surface area (Å²) in [4.78, 5) is 11.3. The lowest BCUT2D eigenvalue weighted by molar-refractivity contribution is 0.168. The number of rotatable bonds is 7. The third-order valence-electron chi connectivity index (χ3n) is 2.46. The van der Waals surface area contributed by atoms with E-state index in [0.717, 1.165) is 0 Å². The van der Waals surface area contributed by atoms with Crippen LogP contribution in [0.4, 0.5) is 10.5 Å². The minimum absolute atomic E-state index is 0.111. The third kappa shape index (κ3) is 5.70. The molecule has 118 valence electrons. The molecule has 1 aromatic rings. The summed E-state index contributed by atoms with van der Waals surface area (Å²) in [7, 11) is -2.11. The predicted octanol–water partition coefficient (Wildman–Crippen LogP) is 1.57. The minimum Gasteiger partial charge on any atom is -0.450 e. The molecule has 0 heterocycles. The summed E-state index contributed by atoms with van der Waals surface area (Å²) in [6.07, 6.45) is -0.583. The van der Waals surface area contributed by atoms with Crippen LogP contribution in [0.3, 0.4) is 0 Å². The zero-order chi connectivity index (χ0) is 15.9. The number of carbonyl (C=O) groups is 1. The fourth-order valence-corrected chi connectivity index (χ4v) is 2.85. The normalized spacial score (nSPS) is 12.7. The van der Waals surface area contributed by atoms with E-state index >= 15 is 0 Å². The summed E-state index contributed by atoms with van der Waals surface area (Å²) in [5.41, 5.74) is 0.456. The van der Waals surface area contributed by atoms with Crippen molar-refractivity contribution in [2.45, 2.75) is 24.8 Å². The Bertz CT molecular complexity index is 556. The van der Waals surface area contributed by atoms with E-state index in [2.05, 4.69) is 10.0 Å². The average molecular weight is 316 g/mol. The molecule has 7 nitrogen and oxygen atoms in total. The topological polar surface area (TPSA) is 93.7 Å². The molecule has 0 bridgehead atoms. The van der Waals surface area contributed by atoms with Crippen molar-refractivity contribution in [1.82, 2.24) is 4.72 Å². The first-order valence-corrected chi connectivity index (χ1v) is 7.92. The molecule has 0 saturated heterocycles. The molecule has 0 radical (unpaired) electrons. The van der Waals surface area contributed by atoms with Gasteiger partial charge in [0.1, 0.15) is 0 Å². The van der Waals surface area contributed by atoms with Crippen molar-refractivity contribution in [2.24, 2.45) is 0 Å². The highest BCUT2D eigenvalue weighted by atomic mass is 32.2. The molecule has 0 aromatic heterocycles. The summed E-state index contributed by atoms with van der Waals surface area (Å²) in [6.45, 7) is 3.95. The second kappa shape index (κ2) is 7.96. The van der Waals surface area contributed by atoms with Gasteiger partial charge in [-0.05, 0) is 38.1 Å². The molecule has 0 fully saturated rings. The van der Waals surface area contributed by atoms with E-state index in [1.807, 2.05) is 0 Å². The number of anilines is 1. The smallest absolute Gasteiger partial charge is 0.411 e. The number of ether oxygens (including phenoxy) is 2. The van der Waals surface area contributed by atoms with Gasteiger partial charge in [-0.3, -0.25) is 5.32 Å². The van der Waals surface area contributed by atoms with Crippen molar-refractivity contribution in [2.75, 3.05) is 25.6 Å². The molecule has 0 aliphatic rings. The van der Waals surface area contributed by atoms with Gasteiger partial charge < -0.3 is 9.47 Å². The van der Waals surface area contributed by atoms with Crippen molar-refractivity contribution < 1.29 is 22.7 Å². The van der Waals surface area contributed by atoms with Crippen LogP contribution < -0.4 is 10.0 Å². The summed E-state index contributed by atoms with van der Waals surface area (Å²) in [5.74, 6) is 0. The molecule has 8 heteroatoms. The molecule has 1 amide bonds. The maximum atomic E-state index is 12.1. The summed E-state index contributed by atoms with van der Waals surface area (Å²) >= 11 is 0. The molecule has 1 aromatic carbocycles. The van der Waals surface area contributed by atoms with Crippen LogP contribution in [-0.2, 0) is 19.5 Å². The Morgan fingerprint density at radius 1 is 1.29 bits per heavy atom. The summed E-state index contributed by atoms with van der Waals surface area (Å²) in [5, 5.41) is 2.49. The van der Waals surface area contributed by atoms with Crippen molar-refractivity contribution in [3.63, 3.8) is 0 Å². The molecule has 2 N–H and O–H groups in total. The second-order valence-corrected chi connectivity index (χ2v) is 6.06. The van der Waals surface area contributed by atoms with Crippen LogP contribution in [-0.4, -0.2) is 40.9 Å². The molecule has 0 aliphatic heterocycles. The Morgan fingerprint density at radius 2 is 1.90 bits per heavy atom. The highest BCUT2D eigenvalue weighted by molar-refractivity contribution is 7.89. The van der Waals surface area contributed by atoms with Crippen LogP contribution >= 0.6 is 0 Å². The first kappa shape index (κ1) is 17.4. The zero-order valence-corrected chi connectivity index (χ0v) is 13.1. The molecular weight excluding hydrogens is 296 g/mol. The average Bonchev–Trinajstić information content (AvgIpc) is 2.39. The minimum atomic E-state index is -3.61. The van der Waals surface area contributed by atoms with Gasteiger partial charge in [-0.1, -0.05) is 0 Å². The van der Waals surface area contributed by atoms with Crippen LogP contribution in [0, 0.1) is 0 Å². The largest absolute Gasteiger partial charge is 0.450 e. The Hall–Kier alpha value is -1.64. The van der Waals surface area contributed by atoms with E-state index in [9.17, 15) is 13.2 Å². The first-order valence-electron chi connectivity index (χ1n) is 6.44. The van der Waals surface area contributed by atoms with Gasteiger partial charge >= 0.3 is 6.09 Å². The van der Waals surface area contributed by atoms with Crippen LogP contribution in [0.2, 0.25) is 0 Å². The standard InChI is InChI=1S/C13H20N2O5S/c1-4-20-13(16)14-11-5-7-12(8-6-11)21(17,18)15-10(2)9-19-3/h5-8,10,15H,4,9H2,1-3H3,(H,14,16)/t10-/m1/s1. The lowest BCUT2D eigenvalue weighted by Gasteiger charge is -2.13. The molecule has 0 aliphatic carbocycles. The van der Waals surface area contributed by atoms with Gasteiger partial charge in [-0.15, -0.1) is 0 Å². The Morgan fingerprint density at radius 3 is 2.43 bits per heavy atom. The van der Waals surface area contributed by atoms with E-state index in [0.29, 0.717) is 5.69 Å². The monoisotopic (exact) mass is 316 g/mol. The lowest BCUT2D eigenvalue weighted by atomic mass is 10.3. The molecular formula is C13H20N2O5S. The number of hydrogen-bond donors (Lipinski definition) is 2. The number of hydrogen-bond acceptors (Lipinski definition) is 5. The fraction of sp³-hybridized carbons (Fsp3) is 0.462. The van der Waals surface area contributed by atoms with E-state index in [1.165, 1.54) is 31.4 Å². The number of benzene rings is 1. The van der Waals surface area contributed by atoms with Gasteiger partial charge in [0.25, 0.3) is 0 Å². The quantitative estimate of drug-likeness (QED) is 0.796. The van der Waals surface area contributed by atoms with Crippen LogP contribution in [0.15, 0.2) is 29.2 Å². The molecule has 21 heavy (non-hydrogen) atoms. The number of amides is 1. The van der Waals surface area contributed by atoms with Crippen molar-refractivity contribution in [3.05, 3.63) is 24.3 Å². The van der Waals surface area contributed by atoms with E-state index in [-0.39, 0.29) is 24.2 Å². The maximum Gasteiger partial charge on any atom is 0.411 e. The highest BCUT2D eigenvalue weighted by Gasteiger charge is 2.17. The van der Waals surface area contributed by atoms with E-state index < -0.39 is 16.1 Å². The Kier molecular flexibility index (Phi) is 6.60. The highest BCUT2D eigenvalue weighted by Crippen LogP contribution is 2.14. The maximum absolute atomic E-state index is 12.1. The van der Waals surface area contributed by atoms with Crippen LogP contribution in [0.25, 0.3) is 0 Å². The first-order chi connectivity index (χ1) is 9.89. The molecule has 1 atom stereocenters. The fourth-order valence-electron chi connectivity index (χ4n) is 1.62. The number of nitrogens with one attached hydrogen (secondary N) is 2. The molecule has 1 rings (SSSR count). The van der Waals surface area contributed by atoms with Gasteiger partial charge in [0.2, 0.25) is 10.0 Å². The van der Waals surface area contributed by atoms with Gasteiger partial charge in [0.15, 0.2) is 0 Å². The summed E-state index contributed by atoms with van der Waals surface area (Å²) in [6, 6.07) is 5.46. The van der Waals surface area contributed by atoms with Gasteiger partial charge in [-0.25, -0.2) is 17.9 Å². The van der Waals surface area contributed by atoms with Crippen LogP contribution in [0.5, 0.6) is 0 Å². The van der Waals surface area contributed by atoms with Gasteiger partial charge in [0, 0.05) is 18.8 Å². The van der Waals surface area contributed by atoms with Crippen molar-refractivity contribution in [1.29, 1.82) is 0 Å². The van der Waals surface area contributed by atoms with Crippen molar-refractivity contribution >= 4 is 21.8 Å². The zero-order valence-electron chi connectivity index (χ0n) is 12.3. The number of methoxy groups -OCH3 is 1. The lowest BCUT2D eigenvalue weighted by Crippen LogP contribution is -2.35. The number of sulfonamides is 1. The van der Waals surface area contributed by atoms with E-state index in [1.54, 1.807) is 13.8 Å². The number of carbonyl (C=O) groups excluding carboxylic acids is 1. The Labute approximate surface area is 124 Å². The SMILES string of the molecule is CCOC(=O)Nc1ccc(S(=O)(=O)N[C@H](C)COC)cc1. The molecule has 0 unspecified atom stereocenters. The third-order valence-corrected chi connectivity index (χ3v) is 4.06.